The molecule has 0 fully saturated rings. The minimum Gasteiger partial charge on any atom is -0.397 e. The molecule has 1 heterocycles. The van der Waals surface area contributed by atoms with Gasteiger partial charge in [0.1, 0.15) is 5.82 Å². The molecule has 0 bridgehead atoms. The summed E-state index contributed by atoms with van der Waals surface area (Å²) < 4.78 is 0. The summed E-state index contributed by atoms with van der Waals surface area (Å²) in [5, 5.41) is 5.88. The summed E-state index contributed by atoms with van der Waals surface area (Å²) in [4.78, 5) is 4.43. The highest BCUT2D eigenvalue weighted by Crippen LogP contribution is 2.20. The van der Waals surface area contributed by atoms with E-state index in [1.54, 1.807) is 0 Å². The number of hydrogen-bond acceptors (Lipinski definition) is 3. The minimum atomic E-state index is 0.723. The van der Waals surface area contributed by atoms with E-state index in [0.717, 1.165) is 23.7 Å². The third-order valence-corrected chi connectivity index (χ3v) is 3.47. The molecule has 0 saturated heterocycles. The molecule has 1 aromatic heterocycles. The first kappa shape index (κ1) is 12.5. The largest absolute Gasteiger partial charge is 0.397 e. The Morgan fingerprint density at radius 1 is 1.00 bits per heavy atom. The molecular weight excluding hydrogens is 246 g/mol. The SMILES string of the molecule is Cc1nc(NCc2cccc3ccccc23)ccc1N. The van der Waals surface area contributed by atoms with E-state index in [-0.39, 0.29) is 0 Å². The zero-order chi connectivity index (χ0) is 13.9. The average molecular weight is 263 g/mol. The van der Waals surface area contributed by atoms with Crippen LogP contribution in [0.4, 0.5) is 11.5 Å². The monoisotopic (exact) mass is 263 g/mol. The second-order valence-corrected chi connectivity index (χ2v) is 4.86. The number of aryl methyl sites for hydroxylation is 1. The van der Waals surface area contributed by atoms with Crippen LogP contribution >= 0.6 is 0 Å². The number of nitrogens with zero attached hydrogens (tertiary/aromatic N) is 1. The predicted octanol–water partition coefficient (Wildman–Crippen LogP) is 3.74. The molecule has 3 nitrogen and oxygen atoms in total. The van der Waals surface area contributed by atoms with Crippen molar-refractivity contribution < 1.29 is 0 Å². The van der Waals surface area contributed by atoms with Gasteiger partial charge in [-0.1, -0.05) is 42.5 Å². The van der Waals surface area contributed by atoms with Gasteiger partial charge in [-0.2, -0.15) is 0 Å². The molecule has 3 N–H and O–H groups in total. The van der Waals surface area contributed by atoms with Gasteiger partial charge in [0, 0.05) is 6.54 Å². The lowest BCUT2D eigenvalue weighted by molar-refractivity contribution is 1.10. The molecule has 0 atom stereocenters. The van der Waals surface area contributed by atoms with Gasteiger partial charge in [-0.25, -0.2) is 4.98 Å². The van der Waals surface area contributed by atoms with Crippen LogP contribution in [0.3, 0.4) is 0 Å². The van der Waals surface area contributed by atoms with Gasteiger partial charge in [0.15, 0.2) is 0 Å². The Morgan fingerprint density at radius 2 is 1.80 bits per heavy atom. The molecular formula is C17H17N3. The molecule has 0 saturated carbocycles. The van der Waals surface area contributed by atoms with Crippen molar-refractivity contribution >= 4 is 22.3 Å². The second kappa shape index (κ2) is 5.21. The predicted molar refractivity (Wildman–Crippen MR) is 84.7 cm³/mol. The highest BCUT2D eigenvalue weighted by Gasteiger charge is 2.02. The van der Waals surface area contributed by atoms with Crippen LogP contribution in [-0.4, -0.2) is 4.98 Å². The van der Waals surface area contributed by atoms with Crippen LogP contribution in [-0.2, 0) is 6.54 Å². The third kappa shape index (κ3) is 2.43. The van der Waals surface area contributed by atoms with E-state index in [1.807, 2.05) is 19.1 Å². The molecule has 0 aliphatic carbocycles. The normalized spacial score (nSPS) is 10.7. The summed E-state index contributed by atoms with van der Waals surface area (Å²) in [5.74, 6) is 0.852. The number of nitrogen functional groups attached to an aromatic ring is 1. The fourth-order valence-corrected chi connectivity index (χ4v) is 2.30. The van der Waals surface area contributed by atoms with Crippen molar-refractivity contribution in [2.24, 2.45) is 0 Å². The van der Waals surface area contributed by atoms with E-state index in [4.69, 9.17) is 5.73 Å². The smallest absolute Gasteiger partial charge is 0.126 e. The molecule has 3 aromatic rings. The standard InChI is InChI=1S/C17H17N3/c1-12-16(18)9-10-17(20-12)19-11-14-7-4-6-13-5-2-3-8-15(13)14/h2-10H,11,18H2,1H3,(H,19,20). The second-order valence-electron chi connectivity index (χ2n) is 4.86. The van der Waals surface area contributed by atoms with E-state index in [9.17, 15) is 0 Å². The summed E-state index contributed by atoms with van der Waals surface area (Å²) in [6.07, 6.45) is 0. The van der Waals surface area contributed by atoms with Crippen molar-refractivity contribution in [2.45, 2.75) is 13.5 Å². The third-order valence-electron chi connectivity index (χ3n) is 3.47. The number of nitrogens with two attached hydrogens (primary N) is 1. The van der Waals surface area contributed by atoms with Crippen molar-refractivity contribution in [2.75, 3.05) is 11.1 Å². The zero-order valence-corrected chi connectivity index (χ0v) is 11.4. The summed E-state index contributed by atoms with van der Waals surface area (Å²) in [6.45, 7) is 2.66. The highest BCUT2D eigenvalue weighted by atomic mass is 15.0. The lowest BCUT2D eigenvalue weighted by Gasteiger charge is -2.10. The number of anilines is 2. The number of aromatic nitrogens is 1. The van der Waals surface area contributed by atoms with Crippen LogP contribution < -0.4 is 11.1 Å². The topological polar surface area (TPSA) is 50.9 Å². The molecule has 100 valence electrons. The fraction of sp³-hybridized carbons (Fsp3) is 0.118. The number of benzene rings is 2. The molecule has 0 aliphatic heterocycles. The van der Waals surface area contributed by atoms with Crippen molar-refractivity contribution in [3.63, 3.8) is 0 Å². The molecule has 0 spiro atoms. The highest BCUT2D eigenvalue weighted by molar-refractivity contribution is 5.85. The van der Waals surface area contributed by atoms with Gasteiger partial charge in [0.2, 0.25) is 0 Å². The number of rotatable bonds is 3. The Labute approximate surface area is 118 Å². The van der Waals surface area contributed by atoms with Crippen molar-refractivity contribution in [3.8, 4) is 0 Å². The Hall–Kier alpha value is -2.55. The summed E-state index contributed by atoms with van der Waals surface area (Å²) in [5.41, 5.74) is 8.62. The fourth-order valence-electron chi connectivity index (χ4n) is 2.30. The van der Waals surface area contributed by atoms with Crippen LogP contribution in [0.1, 0.15) is 11.3 Å². The van der Waals surface area contributed by atoms with E-state index in [2.05, 4.69) is 52.8 Å². The number of fused-ring (bicyclic) bond motifs is 1. The minimum absolute atomic E-state index is 0.723. The maximum absolute atomic E-state index is 5.78. The molecule has 0 amide bonds. The summed E-state index contributed by atoms with van der Waals surface area (Å²) in [6, 6.07) is 18.5. The zero-order valence-electron chi connectivity index (χ0n) is 11.4. The molecule has 0 radical (unpaired) electrons. The molecule has 20 heavy (non-hydrogen) atoms. The lowest BCUT2D eigenvalue weighted by Crippen LogP contribution is -2.03. The molecule has 3 rings (SSSR count). The first-order valence-electron chi connectivity index (χ1n) is 6.68. The maximum atomic E-state index is 5.78. The van der Waals surface area contributed by atoms with E-state index >= 15 is 0 Å². The van der Waals surface area contributed by atoms with E-state index in [0.29, 0.717) is 0 Å². The van der Waals surface area contributed by atoms with Crippen LogP contribution in [0.5, 0.6) is 0 Å². The van der Waals surface area contributed by atoms with Crippen LogP contribution in [0.2, 0.25) is 0 Å². The van der Waals surface area contributed by atoms with Gasteiger partial charge in [0.25, 0.3) is 0 Å². The Bertz CT molecular complexity index is 745. The molecule has 3 heteroatoms. The first-order chi connectivity index (χ1) is 9.74. The lowest BCUT2D eigenvalue weighted by atomic mass is 10.0. The molecule has 0 unspecified atom stereocenters. The average Bonchev–Trinajstić information content (AvgIpc) is 2.48. The number of nitrogens with one attached hydrogen (secondary N) is 1. The Balaban J connectivity index is 1.85. The molecule has 0 aliphatic rings. The number of pyridine rings is 1. The van der Waals surface area contributed by atoms with E-state index < -0.39 is 0 Å². The summed E-state index contributed by atoms with van der Waals surface area (Å²) >= 11 is 0. The van der Waals surface area contributed by atoms with Gasteiger partial charge in [-0.3, -0.25) is 0 Å². The maximum Gasteiger partial charge on any atom is 0.126 e. The Kier molecular flexibility index (Phi) is 3.25. The number of hydrogen-bond donors (Lipinski definition) is 2. The van der Waals surface area contributed by atoms with Crippen LogP contribution in [0.25, 0.3) is 10.8 Å². The van der Waals surface area contributed by atoms with Crippen LogP contribution in [0.15, 0.2) is 54.6 Å². The quantitative estimate of drug-likeness (QED) is 0.757. The van der Waals surface area contributed by atoms with E-state index in [1.165, 1.54) is 16.3 Å². The van der Waals surface area contributed by atoms with Gasteiger partial charge in [0.05, 0.1) is 11.4 Å². The molecule has 2 aromatic carbocycles. The van der Waals surface area contributed by atoms with Crippen molar-refractivity contribution in [1.29, 1.82) is 0 Å². The first-order valence-corrected chi connectivity index (χ1v) is 6.68. The van der Waals surface area contributed by atoms with Crippen molar-refractivity contribution in [1.82, 2.24) is 4.98 Å². The van der Waals surface area contributed by atoms with Crippen LogP contribution in [0, 0.1) is 6.92 Å². The summed E-state index contributed by atoms with van der Waals surface area (Å²) in [7, 11) is 0. The van der Waals surface area contributed by atoms with Gasteiger partial charge in [-0.05, 0) is 35.4 Å². The van der Waals surface area contributed by atoms with Gasteiger partial charge in [-0.15, -0.1) is 0 Å². The van der Waals surface area contributed by atoms with Crippen molar-refractivity contribution in [3.05, 3.63) is 65.9 Å². The van der Waals surface area contributed by atoms with Gasteiger partial charge < -0.3 is 11.1 Å². The van der Waals surface area contributed by atoms with Gasteiger partial charge >= 0.3 is 0 Å². The Morgan fingerprint density at radius 3 is 2.65 bits per heavy atom.